The Labute approximate surface area is 91.6 Å². The van der Waals surface area contributed by atoms with Gasteiger partial charge in [0.2, 0.25) is 0 Å². The molecule has 0 aromatic heterocycles. The number of benzene rings is 1. The number of hydrogen-bond acceptors (Lipinski definition) is 3. The van der Waals surface area contributed by atoms with Gasteiger partial charge in [0.05, 0.1) is 0 Å². The molecule has 0 heterocycles. The van der Waals surface area contributed by atoms with Crippen molar-refractivity contribution in [2.45, 2.75) is 25.1 Å². The second-order valence-corrected chi connectivity index (χ2v) is 3.50. The summed E-state index contributed by atoms with van der Waals surface area (Å²) in [5, 5.41) is 0. The van der Waals surface area contributed by atoms with Crippen LogP contribution in [-0.4, -0.2) is 6.18 Å². The normalized spacial score (nSPS) is 13.8. The lowest BCUT2D eigenvalue weighted by atomic mass is 10.0. The van der Waals surface area contributed by atoms with Gasteiger partial charge in [-0.25, -0.2) is 0 Å². The molecule has 5 N–H and O–H groups in total. The monoisotopic (exact) mass is 233 g/mol. The molecule has 0 radical (unpaired) electrons. The van der Waals surface area contributed by atoms with Crippen LogP contribution >= 0.6 is 0 Å². The molecule has 0 spiro atoms. The molecule has 0 bridgehead atoms. The zero-order valence-electron chi connectivity index (χ0n) is 8.59. The number of hydrazine groups is 1. The van der Waals surface area contributed by atoms with Gasteiger partial charge in [-0.1, -0.05) is 18.2 Å². The standard InChI is InChI=1S/C10H14F3N3/c11-10(12,13)6-5-9(16-15)7-3-1-2-4-8(7)14/h1-4,9,16H,5-6,14-15H2. The third-order valence-electron chi connectivity index (χ3n) is 2.29. The Bertz CT molecular complexity index is 338. The van der Waals surface area contributed by atoms with Gasteiger partial charge in [0, 0.05) is 18.2 Å². The molecule has 1 unspecified atom stereocenters. The van der Waals surface area contributed by atoms with E-state index in [0.717, 1.165) is 0 Å². The highest BCUT2D eigenvalue weighted by Crippen LogP contribution is 2.29. The lowest BCUT2D eigenvalue weighted by Crippen LogP contribution is -2.29. The van der Waals surface area contributed by atoms with Crippen LogP contribution in [0, 0.1) is 0 Å². The molecule has 0 saturated heterocycles. The fourth-order valence-corrected chi connectivity index (χ4v) is 1.46. The number of halogens is 3. The van der Waals surface area contributed by atoms with E-state index in [-0.39, 0.29) is 6.42 Å². The van der Waals surface area contributed by atoms with E-state index in [1.807, 2.05) is 0 Å². The van der Waals surface area contributed by atoms with E-state index in [1.54, 1.807) is 24.3 Å². The summed E-state index contributed by atoms with van der Waals surface area (Å²) < 4.78 is 36.2. The highest BCUT2D eigenvalue weighted by atomic mass is 19.4. The van der Waals surface area contributed by atoms with Gasteiger partial charge in [0.1, 0.15) is 0 Å². The van der Waals surface area contributed by atoms with Crippen molar-refractivity contribution in [1.82, 2.24) is 5.43 Å². The summed E-state index contributed by atoms with van der Waals surface area (Å²) in [5.41, 5.74) is 9.04. The van der Waals surface area contributed by atoms with Crippen LogP contribution < -0.4 is 17.0 Å². The largest absolute Gasteiger partial charge is 0.398 e. The molecule has 90 valence electrons. The first-order valence-electron chi connectivity index (χ1n) is 4.81. The Morgan fingerprint density at radius 1 is 1.25 bits per heavy atom. The number of nitrogens with two attached hydrogens (primary N) is 2. The molecule has 0 aliphatic rings. The van der Waals surface area contributed by atoms with Crippen molar-refractivity contribution in [2.75, 3.05) is 5.73 Å². The van der Waals surface area contributed by atoms with Gasteiger partial charge in [-0.2, -0.15) is 13.2 Å². The van der Waals surface area contributed by atoms with Gasteiger partial charge >= 0.3 is 6.18 Å². The lowest BCUT2D eigenvalue weighted by molar-refractivity contribution is -0.136. The maximum absolute atomic E-state index is 12.1. The fourth-order valence-electron chi connectivity index (χ4n) is 1.46. The van der Waals surface area contributed by atoms with E-state index in [0.29, 0.717) is 11.3 Å². The number of nitrogen functional groups attached to an aromatic ring is 1. The number of para-hydroxylation sites is 1. The molecule has 6 heteroatoms. The van der Waals surface area contributed by atoms with Crippen LogP contribution in [0.15, 0.2) is 24.3 Å². The Balaban J connectivity index is 2.72. The summed E-state index contributed by atoms with van der Waals surface area (Å²) in [4.78, 5) is 0. The molecule has 0 fully saturated rings. The second kappa shape index (κ2) is 5.18. The molecule has 1 atom stereocenters. The molecule has 1 aromatic carbocycles. The summed E-state index contributed by atoms with van der Waals surface area (Å²) in [6, 6.07) is 6.14. The zero-order chi connectivity index (χ0) is 12.2. The first kappa shape index (κ1) is 12.8. The molecule has 0 amide bonds. The fraction of sp³-hybridized carbons (Fsp3) is 0.400. The van der Waals surface area contributed by atoms with Gasteiger partial charge in [0.25, 0.3) is 0 Å². The van der Waals surface area contributed by atoms with Gasteiger partial charge in [-0.3, -0.25) is 11.3 Å². The van der Waals surface area contributed by atoms with E-state index in [9.17, 15) is 13.2 Å². The van der Waals surface area contributed by atoms with Crippen molar-refractivity contribution in [3.63, 3.8) is 0 Å². The van der Waals surface area contributed by atoms with E-state index >= 15 is 0 Å². The van der Waals surface area contributed by atoms with Crippen molar-refractivity contribution < 1.29 is 13.2 Å². The Kier molecular flexibility index (Phi) is 4.14. The lowest BCUT2D eigenvalue weighted by Gasteiger charge is -2.18. The SMILES string of the molecule is NNC(CCC(F)(F)F)c1ccccc1N. The van der Waals surface area contributed by atoms with Crippen molar-refractivity contribution in [1.29, 1.82) is 0 Å². The number of hydrogen-bond donors (Lipinski definition) is 3. The third kappa shape index (κ3) is 3.71. The van der Waals surface area contributed by atoms with Crippen LogP contribution in [0.3, 0.4) is 0 Å². The van der Waals surface area contributed by atoms with E-state index < -0.39 is 18.6 Å². The summed E-state index contributed by atoms with van der Waals surface area (Å²) >= 11 is 0. The average molecular weight is 233 g/mol. The Morgan fingerprint density at radius 2 is 1.88 bits per heavy atom. The van der Waals surface area contributed by atoms with Gasteiger partial charge in [-0.05, 0) is 18.1 Å². The highest BCUT2D eigenvalue weighted by Gasteiger charge is 2.28. The predicted octanol–water partition coefficient (Wildman–Crippen LogP) is 2.12. The van der Waals surface area contributed by atoms with E-state index in [4.69, 9.17) is 11.6 Å². The summed E-state index contributed by atoms with van der Waals surface area (Å²) in [6.07, 6.45) is -5.21. The van der Waals surface area contributed by atoms with Crippen LogP contribution in [-0.2, 0) is 0 Å². The van der Waals surface area contributed by atoms with Crippen LogP contribution in [0.25, 0.3) is 0 Å². The maximum atomic E-state index is 12.1. The molecule has 0 saturated carbocycles. The molecule has 0 aliphatic carbocycles. The highest BCUT2D eigenvalue weighted by molar-refractivity contribution is 5.48. The minimum absolute atomic E-state index is 0.131. The van der Waals surface area contributed by atoms with Crippen LogP contribution in [0.5, 0.6) is 0 Å². The van der Waals surface area contributed by atoms with Crippen LogP contribution in [0.2, 0.25) is 0 Å². The number of nitrogens with one attached hydrogen (secondary N) is 1. The van der Waals surface area contributed by atoms with E-state index in [2.05, 4.69) is 5.43 Å². The van der Waals surface area contributed by atoms with Gasteiger partial charge in [0.15, 0.2) is 0 Å². The third-order valence-corrected chi connectivity index (χ3v) is 2.29. The Hall–Kier alpha value is -1.27. The molecule has 1 aromatic rings. The topological polar surface area (TPSA) is 64.1 Å². The molecular weight excluding hydrogens is 219 g/mol. The van der Waals surface area contributed by atoms with Gasteiger partial charge < -0.3 is 5.73 Å². The first-order valence-corrected chi connectivity index (χ1v) is 4.81. The number of rotatable bonds is 4. The minimum Gasteiger partial charge on any atom is -0.398 e. The van der Waals surface area contributed by atoms with E-state index in [1.165, 1.54) is 0 Å². The van der Waals surface area contributed by atoms with Crippen LogP contribution in [0.1, 0.15) is 24.4 Å². The summed E-state index contributed by atoms with van der Waals surface area (Å²) in [7, 11) is 0. The molecular formula is C10H14F3N3. The smallest absolute Gasteiger partial charge is 0.389 e. The average Bonchev–Trinajstić information content (AvgIpc) is 2.20. The second-order valence-electron chi connectivity index (χ2n) is 3.50. The molecule has 3 nitrogen and oxygen atoms in total. The maximum Gasteiger partial charge on any atom is 0.389 e. The van der Waals surface area contributed by atoms with Crippen molar-refractivity contribution >= 4 is 5.69 Å². The molecule has 1 rings (SSSR count). The first-order chi connectivity index (χ1) is 7.44. The molecule has 16 heavy (non-hydrogen) atoms. The number of alkyl halides is 3. The zero-order valence-corrected chi connectivity index (χ0v) is 8.59. The van der Waals surface area contributed by atoms with Crippen molar-refractivity contribution in [3.05, 3.63) is 29.8 Å². The van der Waals surface area contributed by atoms with Gasteiger partial charge in [-0.15, -0.1) is 0 Å². The Morgan fingerprint density at radius 3 is 2.38 bits per heavy atom. The van der Waals surface area contributed by atoms with Crippen LogP contribution in [0.4, 0.5) is 18.9 Å². The molecule has 0 aliphatic heterocycles. The van der Waals surface area contributed by atoms with Crippen molar-refractivity contribution in [2.24, 2.45) is 5.84 Å². The van der Waals surface area contributed by atoms with Crippen molar-refractivity contribution in [3.8, 4) is 0 Å². The predicted molar refractivity (Wildman–Crippen MR) is 56.2 cm³/mol. The summed E-state index contributed by atoms with van der Waals surface area (Å²) in [5.74, 6) is 5.23. The quantitative estimate of drug-likeness (QED) is 0.424. The number of anilines is 1. The minimum atomic E-state index is -4.18. The summed E-state index contributed by atoms with van der Waals surface area (Å²) in [6.45, 7) is 0.